The van der Waals surface area contributed by atoms with E-state index in [2.05, 4.69) is 33.3 Å². The van der Waals surface area contributed by atoms with Gasteiger partial charge in [-0.05, 0) is 37.6 Å². The lowest BCUT2D eigenvalue weighted by atomic mass is 10.0. The number of benzene rings is 3. The summed E-state index contributed by atoms with van der Waals surface area (Å²) in [6.45, 7) is 8.03. The monoisotopic (exact) mass is 429 g/mol. The van der Waals surface area contributed by atoms with E-state index >= 15 is 0 Å². The van der Waals surface area contributed by atoms with E-state index in [9.17, 15) is 4.79 Å². The molecule has 32 heavy (non-hydrogen) atoms. The summed E-state index contributed by atoms with van der Waals surface area (Å²) >= 11 is 0. The van der Waals surface area contributed by atoms with Gasteiger partial charge in [0.05, 0.1) is 18.3 Å². The quantitative estimate of drug-likeness (QED) is 0.580. The van der Waals surface area contributed by atoms with Gasteiger partial charge in [0.15, 0.2) is 0 Å². The summed E-state index contributed by atoms with van der Waals surface area (Å²) in [6, 6.07) is 26.1. The Morgan fingerprint density at radius 2 is 1.56 bits per heavy atom. The fourth-order valence-electron chi connectivity index (χ4n) is 4.21. The molecular formula is C27H31N3O2. The number of hydrogen-bond acceptors (Lipinski definition) is 4. The number of amides is 1. The molecule has 0 aliphatic carbocycles. The fraction of sp³-hybridized carbons (Fsp3) is 0.296. The van der Waals surface area contributed by atoms with Crippen molar-refractivity contribution in [3.05, 3.63) is 78.9 Å². The van der Waals surface area contributed by atoms with Crippen LogP contribution < -0.4 is 15.0 Å². The third-order valence-corrected chi connectivity index (χ3v) is 6.02. The minimum absolute atomic E-state index is 0.0246. The number of nitrogens with one attached hydrogen (secondary N) is 1. The highest BCUT2D eigenvalue weighted by Crippen LogP contribution is 2.30. The summed E-state index contributed by atoms with van der Waals surface area (Å²) < 4.78 is 5.80. The van der Waals surface area contributed by atoms with Crippen LogP contribution in [0.25, 0.3) is 11.1 Å². The normalized spacial score (nSPS) is 15.2. The van der Waals surface area contributed by atoms with Crippen LogP contribution in [0, 0.1) is 0 Å². The van der Waals surface area contributed by atoms with E-state index in [0.29, 0.717) is 6.61 Å². The van der Waals surface area contributed by atoms with Crippen molar-refractivity contribution in [1.29, 1.82) is 0 Å². The van der Waals surface area contributed by atoms with E-state index in [0.717, 1.165) is 54.4 Å². The van der Waals surface area contributed by atoms with E-state index < -0.39 is 0 Å². The molecule has 0 radical (unpaired) electrons. The van der Waals surface area contributed by atoms with Crippen LogP contribution in [0.3, 0.4) is 0 Å². The van der Waals surface area contributed by atoms with Crippen LogP contribution in [0.2, 0.25) is 0 Å². The molecule has 0 aromatic heterocycles. The number of rotatable bonds is 7. The van der Waals surface area contributed by atoms with Crippen molar-refractivity contribution in [3.63, 3.8) is 0 Å². The Balaban J connectivity index is 1.39. The van der Waals surface area contributed by atoms with Gasteiger partial charge in [-0.3, -0.25) is 9.69 Å². The molecule has 1 fully saturated rings. The van der Waals surface area contributed by atoms with Crippen LogP contribution in [0.5, 0.6) is 5.75 Å². The molecule has 1 unspecified atom stereocenters. The Morgan fingerprint density at radius 1 is 0.906 bits per heavy atom. The Bertz CT molecular complexity index is 1030. The van der Waals surface area contributed by atoms with Crippen molar-refractivity contribution in [3.8, 4) is 16.9 Å². The summed E-state index contributed by atoms with van der Waals surface area (Å²) in [7, 11) is 0. The second-order valence-electron chi connectivity index (χ2n) is 8.00. The molecule has 1 aliphatic rings. The first-order valence-corrected chi connectivity index (χ1v) is 11.3. The van der Waals surface area contributed by atoms with Crippen molar-refractivity contribution < 1.29 is 9.53 Å². The molecule has 4 rings (SSSR count). The Hall–Kier alpha value is -3.31. The highest BCUT2D eigenvalue weighted by Gasteiger charge is 2.27. The molecule has 5 heteroatoms. The van der Waals surface area contributed by atoms with Crippen LogP contribution in [-0.4, -0.2) is 49.6 Å². The van der Waals surface area contributed by atoms with Gasteiger partial charge in [-0.25, -0.2) is 0 Å². The third kappa shape index (κ3) is 4.94. The number of para-hydroxylation sites is 3. The molecule has 1 amide bonds. The number of hydrogen-bond donors (Lipinski definition) is 1. The van der Waals surface area contributed by atoms with Crippen molar-refractivity contribution in [2.24, 2.45) is 0 Å². The molecule has 1 N–H and O–H groups in total. The Kier molecular flexibility index (Phi) is 7.07. The first kappa shape index (κ1) is 21.9. The molecule has 1 aliphatic heterocycles. The van der Waals surface area contributed by atoms with Crippen LogP contribution in [0.1, 0.15) is 13.8 Å². The van der Waals surface area contributed by atoms with Crippen molar-refractivity contribution in [2.45, 2.75) is 19.9 Å². The average Bonchev–Trinajstić information content (AvgIpc) is 2.85. The molecule has 166 valence electrons. The van der Waals surface area contributed by atoms with Crippen molar-refractivity contribution >= 4 is 17.3 Å². The van der Waals surface area contributed by atoms with Crippen LogP contribution in [0.15, 0.2) is 78.9 Å². The standard InChI is InChI=1S/C27H31N3O2/c1-3-32-26-16-10-9-15-25(26)30-19-17-29(18-20-30)21(2)27(31)28-24-14-8-7-13-23(24)22-11-5-4-6-12-22/h4-16,21H,3,17-20H2,1-2H3,(H,28,31). The van der Waals surface area contributed by atoms with Gasteiger partial charge in [0.25, 0.3) is 0 Å². The van der Waals surface area contributed by atoms with Gasteiger partial charge in [0.2, 0.25) is 5.91 Å². The van der Waals surface area contributed by atoms with Crippen LogP contribution in [-0.2, 0) is 4.79 Å². The molecule has 3 aromatic rings. The van der Waals surface area contributed by atoms with E-state index in [4.69, 9.17) is 4.74 Å². The smallest absolute Gasteiger partial charge is 0.241 e. The molecule has 5 nitrogen and oxygen atoms in total. The molecule has 1 saturated heterocycles. The van der Waals surface area contributed by atoms with Gasteiger partial charge in [-0.15, -0.1) is 0 Å². The van der Waals surface area contributed by atoms with E-state index in [1.807, 2.05) is 74.5 Å². The van der Waals surface area contributed by atoms with E-state index in [1.165, 1.54) is 0 Å². The number of ether oxygens (including phenoxy) is 1. The minimum atomic E-state index is -0.205. The number of carbonyl (C=O) groups excluding carboxylic acids is 1. The van der Waals surface area contributed by atoms with Gasteiger partial charge < -0.3 is 15.0 Å². The van der Waals surface area contributed by atoms with Crippen LogP contribution in [0.4, 0.5) is 11.4 Å². The van der Waals surface area contributed by atoms with E-state index in [1.54, 1.807) is 0 Å². The third-order valence-electron chi connectivity index (χ3n) is 6.02. The molecule has 1 atom stereocenters. The zero-order chi connectivity index (χ0) is 22.3. The van der Waals surface area contributed by atoms with E-state index in [-0.39, 0.29) is 11.9 Å². The summed E-state index contributed by atoms with van der Waals surface area (Å²) in [6.07, 6.45) is 0. The zero-order valence-corrected chi connectivity index (χ0v) is 18.8. The lowest BCUT2D eigenvalue weighted by Gasteiger charge is -2.39. The topological polar surface area (TPSA) is 44.8 Å². The maximum atomic E-state index is 13.1. The lowest BCUT2D eigenvalue weighted by Crippen LogP contribution is -2.52. The molecule has 0 saturated carbocycles. The molecule has 1 heterocycles. The zero-order valence-electron chi connectivity index (χ0n) is 18.8. The number of anilines is 2. The van der Waals surface area contributed by atoms with Crippen molar-refractivity contribution in [2.75, 3.05) is 43.0 Å². The van der Waals surface area contributed by atoms with Crippen LogP contribution >= 0.6 is 0 Å². The first-order valence-electron chi connectivity index (χ1n) is 11.3. The SMILES string of the molecule is CCOc1ccccc1N1CCN(C(C)C(=O)Nc2ccccc2-c2ccccc2)CC1. The van der Waals surface area contributed by atoms with Gasteiger partial charge in [-0.1, -0.05) is 60.7 Å². The average molecular weight is 430 g/mol. The molecule has 0 bridgehead atoms. The van der Waals surface area contributed by atoms with Gasteiger partial charge >= 0.3 is 0 Å². The first-order chi connectivity index (χ1) is 15.7. The number of piperazine rings is 1. The minimum Gasteiger partial charge on any atom is -0.492 e. The summed E-state index contributed by atoms with van der Waals surface area (Å²) in [5, 5.41) is 3.16. The molecule has 3 aromatic carbocycles. The van der Waals surface area contributed by atoms with Gasteiger partial charge in [0.1, 0.15) is 5.75 Å². The van der Waals surface area contributed by atoms with Crippen molar-refractivity contribution in [1.82, 2.24) is 4.90 Å². The molecular weight excluding hydrogens is 398 g/mol. The second kappa shape index (κ2) is 10.3. The largest absolute Gasteiger partial charge is 0.492 e. The summed E-state index contributed by atoms with van der Waals surface area (Å²) in [5.41, 5.74) is 4.10. The highest BCUT2D eigenvalue weighted by atomic mass is 16.5. The highest BCUT2D eigenvalue weighted by molar-refractivity contribution is 5.98. The Labute approximate surface area is 190 Å². The maximum absolute atomic E-state index is 13.1. The lowest BCUT2D eigenvalue weighted by molar-refractivity contribution is -0.120. The molecule has 0 spiro atoms. The van der Waals surface area contributed by atoms with Gasteiger partial charge in [-0.2, -0.15) is 0 Å². The predicted octanol–water partition coefficient (Wildman–Crippen LogP) is 4.90. The summed E-state index contributed by atoms with van der Waals surface area (Å²) in [5.74, 6) is 0.948. The number of carbonyl (C=O) groups is 1. The fourth-order valence-corrected chi connectivity index (χ4v) is 4.21. The maximum Gasteiger partial charge on any atom is 0.241 e. The summed E-state index contributed by atoms with van der Waals surface area (Å²) in [4.78, 5) is 17.7. The second-order valence-corrected chi connectivity index (χ2v) is 8.00. The Morgan fingerprint density at radius 3 is 2.31 bits per heavy atom. The predicted molar refractivity (Wildman–Crippen MR) is 131 cm³/mol. The number of nitrogens with zero attached hydrogens (tertiary/aromatic N) is 2. The van der Waals surface area contributed by atoms with Gasteiger partial charge in [0, 0.05) is 37.4 Å².